The van der Waals surface area contributed by atoms with E-state index in [9.17, 15) is 9.59 Å². The van der Waals surface area contributed by atoms with E-state index in [0.717, 1.165) is 11.1 Å². The molecule has 0 radical (unpaired) electrons. The molecule has 0 saturated carbocycles. The van der Waals surface area contributed by atoms with Crippen molar-refractivity contribution in [3.63, 3.8) is 0 Å². The molecule has 0 fully saturated rings. The van der Waals surface area contributed by atoms with Crippen LogP contribution in [-0.2, 0) is 28.0 Å². The summed E-state index contributed by atoms with van der Waals surface area (Å²) in [6, 6.07) is 15.3. The Kier molecular flexibility index (Phi) is 9.33. The van der Waals surface area contributed by atoms with Crippen LogP contribution in [0.15, 0.2) is 48.5 Å². The highest BCUT2D eigenvalue weighted by Crippen LogP contribution is 2.23. The van der Waals surface area contributed by atoms with Crippen LogP contribution in [0.4, 0.5) is 0 Å². The number of aryl methyl sites for hydroxylation is 1. The second-order valence-electron chi connectivity index (χ2n) is 9.91. The van der Waals surface area contributed by atoms with Gasteiger partial charge in [0.25, 0.3) is 0 Å². The summed E-state index contributed by atoms with van der Waals surface area (Å²) < 4.78 is 0. The first kappa shape index (κ1) is 25.9. The van der Waals surface area contributed by atoms with Gasteiger partial charge in [0.05, 0.1) is 0 Å². The zero-order valence-corrected chi connectivity index (χ0v) is 21.0. The fourth-order valence-electron chi connectivity index (χ4n) is 3.39. The van der Waals surface area contributed by atoms with E-state index in [1.165, 1.54) is 5.56 Å². The van der Waals surface area contributed by atoms with Gasteiger partial charge in [0, 0.05) is 24.5 Å². The predicted molar refractivity (Wildman–Crippen MR) is 133 cm³/mol. The van der Waals surface area contributed by atoms with Crippen molar-refractivity contribution in [2.75, 3.05) is 6.54 Å². The van der Waals surface area contributed by atoms with Gasteiger partial charge in [0.2, 0.25) is 11.8 Å². The first-order valence-corrected chi connectivity index (χ1v) is 11.8. The van der Waals surface area contributed by atoms with Crippen LogP contribution < -0.4 is 5.32 Å². The summed E-state index contributed by atoms with van der Waals surface area (Å²) >= 11 is 6.01. The minimum absolute atomic E-state index is 0.0351. The molecule has 0 heterocycles. The van der Waals surface area contributed by atoms with Crippen molar-refractivity contribution in [1.82, 2.24) is 10.2 Å². The summed E-state index contributed by atoms with van der Waals surface area (Å²) in [4.78, 5) is 27.6. The molecule has 4 nitrogen and oxygen atoms in total. The average Bonchev–Trinajstić information content (AvgIpc) is 2.74. The standard InChI is InChI=1S/C27H37ClN2O2/c1-19(2)17-29-26(32)20(3)30(18-22-9-14-24(28)15-10-22)25(31)16-11-21-7-12-23(13-8-21)27(4,5)6/h7-10,12-15,19-20H,11,16-18H2,1-6H3,(H,29,32)/t20-/m1/s1. The van der Waals surface area contributed by atoms with Crippen molar-refractivity contribution in [2.45, 2.75) is 72.4 Å². The van der Waals surface area contributed by atoms with Crippen LogP contribution in [0.2, 0.25) is 5.02 Å². The maximum absolute atomic E-state index is 13.2. The highest BCUT2D eigenvalue weighted by molar-refractivity contribution is 6.30. The van der Waals surface area contributed by atoms with Crippen LogP contribution in [0, 0.1) is 5.92 Å². The van der Waals surface area contributed by atoms with E-state index in [2.05, 4.69) is 50.4 Å². The highest BCUT2D eigenvalue weighted by Gasteiger charge is 2.26. The molecule has 0 aliphatic carbocycles. The van der Waals surface area contributed by atoms with E-state index in [4.69, 9.17) is 11.6 Å². The van der Waals surface area contributed by atoms with Gasteiger partial charge < -0.3 is 10.2 Å². The first-order chi connectivity index (χ1) is 15.0. The van der Waals surface area contributed by atoms with Crippen LogP contribution >= 0.6 is 11.6 Å². The Labute approximate surface area is 198 Å². The molecule has 0 spiro atoms. The summed E-state index contributed by atoms with van der Waals surface area (Å²) in [5, 5.41) is 3.60. The number of amides is 2. The molecule has 32 heavy (non-hydrogen) atoms. The fourth-order valence-corrected chi connectivity index (χ4v) is 3.51. The molecular weight excluding hydrogens is 420 g/mol. The first-order valence-electron chi connectivity index (χ1n) is 11.4. The summed E-state index contributed by atoms with van der Waals surface area (Å²) in [6.07, 6.45) is 0.991. The van der Waals surface area contributed by atoms with Crippen LogP contribution in [-0.4, -0.2) is 29.3 Å². The normalized spacial score (nSPS) is 12.5. The van der Waals surface area contributed by atoms with Crippen LogP contribution in [0.1, 0.15) is 64.7 Å². The summed E-state index contributed by atoms with van der Waals surface area (Å²) in [7, 11) is 0. The molecule has 0 bridgehead atoms. The minimum atomic E-state index is -0.555. The Balaban J connectivity index is 2.11. The topological polar surface area (TPSA) is 49.4 Å². The fraction of sp³-hybridized carbons (Fsp3) is 0.481. The van der Waals surface area contributed by atoms with E-state index in [1.54, 1.807) is 24.0 Å². The molecule has 2 aromatic rings. The third-order valence-electron chi connectivity index (χ3n) is 5.57. The molecule has 174 valence electrons. The van der Waals surface area contributed by atoms with E-state index in [-0.39, 0.29) is 17.2 Å². The van der Waals surface area contributed by atoms with Crippen LogP contribution in [0.5, 0.6) is 0 Å². The third kappa shape index (κ3) is 7.98. The van der Waals surface area contributed by atoms with E-state index in [1.807, 2.05) is 26.0 Å². The van der Waals surface area contributed by atoms with E-state index >= 15 is 0 Å². The third-order valence-corrected chi connectivity index (χ3v) is 5.82. The summed E-state index contributed by atoms with van der Waals surface area (Å²) in [6.45, 7) is 13.4. The van der Waals surface area contributed by atoms with Gasteiger partial charge >= 0.3 is 0 Å². The van der Waals surface area contributed by atoms with Crippen molar-refractivity contribution in [1.29, 1.82) is 0 Å². The monoisotopic (exact) mass is 456 g/mol. The molecule has 0 aliphatic heterocycles. The lowest BCUT2D eigenvalue weighted by molar-refractivity contribution is -0.140. The van der Waals surface area contributed by atoms with Crippen LogP contribution in [0.25, 0.3) is 0 Å². The zero-order valence-electron chi connectivity index (χ0n) is 20.2. The van der Waals surface area contributed by atoms with Gasteiger partial charge in [-0.1, -0.05) is 82.6 Å². The van der Waals surface area contributed by atoms with Gasteiger partial charge in [-0.25, -0.2) is 0 Å². The van der Waals surface area contributed by atoms with Gasteiger partial charge in [-0.15, -0.1) is 0 Å². The average molecular weight is 457 g/mol. The van der Waals surface area contributed by atoms with Crippen molar-refractivity contribution in [3.05, 3.63) is 70.2 Å². The lowest BCUT2D eigenvalue weighted by Crippen LogP contribution is -2.48. The Bertz CT molecular complexity index is 883. The lowest BCUT2D eigenvalue weighted by Gasteiger charge is -2.29. The van der Waals surface area contributed by atoms with Crippen molar-refractivity contribution >= 4 is 23.4 Å². The van der Waals surface area contributed by atoms with Gasteiger partial charge in [-0.3, -0.25) is 9.59 Å². The maximum Gasteiger partial charge on any atom is 0.242 e. The van der Waals surface area contributed by atoms with Crippen LogP contribution in [0.3, 0.4) is 0 Å². The van der Waals surface area contributed by atoms with Gasteiger partial charge in [-0.2, -0.15) is 0 Å². The Morgan fingerprint density at radius 3 is 2.03 bits per heavy atom. The largest absolute Gasteiger partial charge is 0.354 e. The Hall–Kier alpha value is -2.33. The smallest absolute Gasteiger partial charge is 0.242 e. The second kappa shape index (κ2) is 11.5. The predicted octanol–water partition coefficient (Wildman–Crippen LogP) is 5.76. The molecule has 1 N–H and O–H groups in total. The molecule has 0 aliphatic rings. The van der Waals surface area contributed by atoms with Crippen molar-refractivity contribution in [2.24, 2.45) is 5.92 Å². The quantitative estimate of drug-likeness (QED) is 0.521. The number of hydrogen-bond acceptors (Lipinski definition) is 2. The molecule has 5 heteroatoms. The molecular formula is C27H37ClN2O2. The molecule has 2 aromatic carbocycles. The molecule has 1 atom stereocenters. The number of carbonyl (C=O) groups is 2. The summed E-state index contributed by atoms with van der Waals surface area (Å²) in [5.41, 5.74) is 3.44. The highest BCUT2D eigenvalue weighted by atomic mass is 35.5. The number of halogens is 1. The zero-order chi connectivity index (χ0) is 23.9. The van der Waals surface area contributed by atoms with Gasteiger partial charge in [0.1, 0.15) is 6.04 Å². The molecule has 2 amide bonds. The van der Waals surface area contributed by atoms with Crippen molar-refractivity contribution in [3.8, 4) is 0 Å². The van der Waals surface area contributed by atoms with E-state index in [0.29, 0.717) is 36.9 Å². The Morgan fingerprint density at radius 1 is 0.938 bits per heavy atom. The van der Waals surface area contributed by atoms with Gasteiger partial charge in [-0.05, 0) is 53.5 Å². The molecule has 2 rings (SSSR count). The van der Waals surface area contributed by atoms with E-state index < -0.39 is 6.04 Å². The number of hydrogen-bond donors (Lipinski definition) is 1. The molecule has 0 saturated heterocycles. The number of nitrogens with zero attached hydrogens (tertiary/aromatic N) is 1. The Morgan fingerprint density at radius 2 is 1.50 bits per heavy atom. The maximum atomic E-state index is 13.2. The number of benzene rings is 2. The van der Waals surface area contributed by atoms with Gasteiger partial charge in [0.15, 0.2) is 0 Å². The summed E-state index contributed by atoms with van der Waals surface area (Å²) in [5.74, 6) is 0.185. The second-order valence-corrected chi connectivity index (χ2v) is 10.3. The van der Waals surface area contributed by atoms with Crippen molar-refractivity contribution < 1.29 is 9.59 Å². The number of carbonyl (C=O) groups excluding carboxylic acids is 2. The SMILES string of the molecule is CC(C)CNC(=O)[C@@H](C)N(Cc1ccc(Cl)cc1)C(=O)CCc1ccc(C(C)(C)C)cc1. The minimum Gasteiger partial charge on any atom is -0.354 e. The number of nitrogens with one attached hydrogen (secondary N) is 1. The lowest BCUT2D eigenvalue weighted by atomic mass is 9.86. The molecule has 0 unspecified atom stereocenters. The molecule has 0 aromatic heterocycles. The number of rotatable bonds is 9.